The van der Waals surface area contributed by atoms with Crippen LogP contribution >= 0.6 is 11.6 Å². The molecule has 0 unspecified atom stereocenters. The largest absolute Gasteiger partial charge is 0.452 e. The summed E-state index contributed by atoms with van der Waals surface area (Å²) in [5.74, 6) is -0.790. The Kier molecular flexibility index (Phi) is 4.15. The monoisotopic (exact) mass is 268 g/mol. The van der Waals surface area contributed by atoms with E-state index in [2.05, 4.69) is 4.98 Å². The van der Waals surface area contributed by atoms with Gasteiger partial charge in [-0.1, -0.05) is 11.6 Å². The summed E-state index contributed by atoms with van der Waals surface area (Å²) in [7, 11) is 0. The number of ether oxygens (including phenoxy) is 1. The summed E-state index contributed by atoms with van der Waals surface area (Å²) in [5, 5.41) is 0.0797. The number of carbonyl (C=O) groups excluding carboxylic acids is 2. The molecule has 0 N–H and O–H groups in total. The summed E-state index contributed by atoms with van der Waals surface area (Å²) in [6.45, 7) is 1.23. The van der Waals surface area contributed by atoms with Crippen LogP contribution in [-0.4, -0.2) is 41.5 Å². The summed E-state index contributed by atoms with van der Waals surface area (Å²) in [4.78, 5) is 28.8. The van der Waals surface area contributed by atoms with Crippen molar-refractivity contribution in [2.45, 2.75) is 12.8 Å². The second-order valence-corrected chi connectivity index (χ2v) is 4.36. The molecule has 1 aromatic rings. The SMILES string of the molecule is O=C(OCC(=O)N1CCCC1)c1cccnc1Cl. The van der Waals surface area contributed by atoms with E-state index in [0.717, 1.165) is 25.9 Å². The maximum Gasteiger partial charge on any atom is 0.341 e. The van der Waals surface area contributed by atoms with E-state index < -0.39 is 5.97 Å². The minimum Gasteiger partial charge on any atom is -0.452 e. The van der Waals surface area contributed by atoms with Gasteiger partial charge in [-0.05, 0) is 25.0 Å². The van der Waals surface area contributed by atoms with E-state index in [-0.39, 0.29) is 23.2 Å². The zero-order valence-corrected chi connectivity index (χ0v) is 10.5. The molecule has 2 heterocycles. The van der Waals surface area contributed by atoms with Gasteiger partial charge < -0.3 is 9.64 Å². The summed E-state index contributed by atoms with van der Waals surface area (Å²) < 4.78 is 4.93. The lowest BCUT2D eigenvalue weighted by molar-refractivity contribution is -0.133. The molecule has 0 atom stereocenters. The highest BCUT2D eigenvalue weighted by Crippen LogP contribution is 2.13. The predicted molar refractivity (Wildman–Crippen MR) is 65.3 cm³/mol. The first-order chi connectivity index (χ1) is 8.68. The molecule has 1 fully saturated rings. The van der Waals surface area contributed by atoms with E-state index in [9.17, 15) is 9.59 Å². The Bertz CT molecular complexity index is 458. The van der Waals surface area contributed by atoms with Crippen molar-refractivity contribution < 1.29 is 14.3 Å². The smallest absolute Gasteiger partial charge is 0.341 e. The Balaban J connectivity index is 1.88. The molecule has 0 aliphatic carbocycles. The van der Waals surface area contributed by atoms with E-state index in [1.807, 2.05) is 0 Å². The molecule has 5 nitrogen and oxygen atoms in total. The van der Waals surface area contributed by atoms with Crippen LogP contribution in [-0.2, 0) is 9.53 Å². The highest BCUT2D eigenvalue weighted by atomic mass is 35.5. The number of carbonyl (C=O) groups is 2. The van der Waals surface area contributed by atoms with E-state index >= 15 is 0 Å². The van der Waals surface area contributed by atoms with Gasteiger partial charge in [0.25, 0.3) is 5.91 Å². The second kappa shape index (κ2) is 5.82. The van der Waals surface area contributed by atoms with Gasteiger partial charge in [0.2, 0.25) is 0 Å². The molecule has 0 spiro atoms. The lowest BCUT2D eigenvalue weighted by atomic mass is 10.3. The second-order valence-electron chi connectivity index (χ2n) is 4.01. The predicted octanol–water partition coefficient (Wildman–Crippen LogP) is 1.51. The van der Waals surface area contributed by atoms with Crippen molar-refractivity contribution in [3.05, 3.63) is 29.0 Å². The number of halogens is 1. The van der Waals surface area contributed by atoms with Gasteiger partial charge >= 0.3 is 5.97 Å². The number of pyridine rings is 1. The third-order valence-electron chi connectivity index (χ3n) is 2.76. The normalized spacial score (nSPS) is 14.6. The van der Waals surface area contributed by atoms with Crippen LogP contribution in [0.1, 0.15) is 23.2 Å². The zero-order valence-electron chi connectivity index (χ0n) is 9.76. The molecule has 18 heavy (non-hydrogen) atoms. The van der Waals surface area contributed by atoms with E-state index in [4.69, 9.17) is 16.3 Å². The number of nitrogens with zero attached hydrogens (tertiary/aromatic N) is 2. The van der Waals surface area contributed by atoms with Crippen molar-refractivity contribution in [1.29, 1.82) is 0 Å². The third kappa shape index (κ3) is 2.98. The number of esters is 1. The van der Waals surface area contributed by atoms with Crippen LogP contribution in [0.4, 0.5) is 0 Å². The molecule has 0 saturated carbocycles. The van der Waals surface area contributed by atoms with Crippen molar-refractivity contribution in [3.63, 3.8) is 0 Å². The van der Waals surface area contributed by atoms with Gasteiger partial charge in [0.05, 0.1) is 5.56 Å². The first-order valence-corrected chi connectivity index (χ1v) is 6.11. The molecule has 1 aliphatic heterocycles. The fraction of sp³-hybridized carbons (Fsp3) is 0.417. The summed E-state index contributed by atoms with van der Waals surface area (Å²) >= 11 is 5.75. The first kappa shape index (κ1) is 12.8. The lowest BCUT2D eigenvalue weighted by Crippen LogP contribution is -2.32. The zero-order chi connectivity index (χ0) is 13.0. The molecule has 1 aliphatic rings. The Morgan fingerprint density at radius 2 is 2.11 bits per heavy atom. The fourth-order valence-electron chi connectivity index (χ4n) is 1.80. The summed E-state index contributed by atoms with van der Waals surface area (Å²) in [6.07, 6.45) is 3.50. The van der Waals surface area contributed by atoms with Crippen LogP contribution in [0.5, 0.6) is 0 Å². The van der Waals surface area contributed by atoms with Gasteiger partial charge in [-0.2, -0.15) is 0 Å². The molecule has 1 amide bonds. The van der Waals surface area contributed by atoms with Crippen LogP contribution in [0, 0.1) is 0 Å². The number of hydrogen-bond acceptors (Lipinski definition) is 4. The minimum atomic E-state index is -0.624. The standard InChI is InChI=1S/C12H13ClN2O3/c13-11-9(4-3-5-14-11)12(17)18-8-10(16)15-6-1-2-7-15/h3-5H,1-2,6-8H2. The van der Waals surface area contributed by atoms with Gasteiger partial charge in [-0.15, -0.1) is 0 Å². The Morgan fingerprint density at radius 1 is 1.39 bits per heavy atom. The number of likely N-dealkylation sites (tertiary alicyclic amines) is 1. The van der Waals surface area contributed by atoms with Gasteiger partial charge in [0.1, 0.15) is 5.15 Å². The molecule has 0 radical (unpaired) electrons. The molecular weight excluding hydrogens is 256 g/mol. The van der Waals surface area contributed by atoms with E-state index in [1.165, 1.54) is 12.3 Å². The maximum absolute atomic E-state index is 11.7. The van der Waals surface area contributed by atoms with Crippen LogP contribution < -0.4 is 0 Å². The molecule has 2 rings (SSSR count). The van der Waals surface area contributed by atoms with Crippen LogP contribution in [0.2, 0.25) is 5.15 Å². The molecule has 0 aromatic carbocycles. The average Bonchev–Trinajstić information content (AvgIpc) is 2.90. The van der Waals surface area contributed by atoms with Crippen molar-refractivity contribution >= 4 is 23.5 Å². The minimum absolute atomic E-state index is 0.0797. The first-order valence-electron chi connectivity index (χ1n) is 5.74. The van der Waals surface area contributed by atoms with Gasteiger partial charge in [0, 0.05) is 19.3 Å². The molecule has 1 saturated heterocycles. The molecule has 1 aromatic heterocycles. The maximum atomic E-state index is 11.7. The van der Waals surface area contributed by atoms with Gasteiger partial charge in [-0.25, -0.2) is 9.78 Å². The quantitative estimate of drug-likeness (QED) is 0.616. The van der Waals surface area contributed by atoms with Gasteiger partial charge in [0.15, 0.2) is 6.61 Å². The Labute approximate surface area is 110 Å². The Morgan fingerprint density at radius 3 is 2.78 bits per heavy atom. The van der Waals surface area contributed by atoms with Crippen LogP contribution in [0.3, 0.4) is 0 Å². The molecular formula is C12H13ClN2O3. The molecule has 6 heteroatoms. The molecule has 96 valence electrons. The third-order valence-corrected chi connectivity index (χ3v) is 3.07. The van der Waals surface area contributed by atoms with E-state index in [0.29, 0.717) is 0 Å². The highest BCUT2D eigenvalue weighted by molar-refractivity contribution is 6.32. The van der Waals surface area contributed by atoms with Crippen LogP contribution in [0.15, 0.2) is 18.3 Å². The summed E-state index contributed by atoms with van der Waals surface area (Å²) in [6, 6.07) is 3.10. The number of aromatic nitrogens is 1. The van der Waals surface area contributed by atoms with E-state index in [1.54, 1.807) is 11.0 Å². The summed E-state index contributed by atoms with van der Waals surface area (Å²) in [5.41, 5.74) is 0.174. The number of hydrogen-bond donors (Lipinski definition) is 0. The van der Waals surface area contributed by atoms with Crippen molar-refractivity contribution in [3.8, 4) is 0 Å². The van der Waals surface area contributed by atoms with Gasteiger partial charge in [-0.3, -0.25) is 4.79 Å². The van der Waals surface area contributed by atoms with Crippen molar-refractivity contribution in [2.75, 3.05) is 19.7 Å². The average molecular weight is 269 g/mol. The topological polar surface area (TPSA) is 59.5 Å². The molecule has 0 bridgehead atoms. The van der Waals surface area contributed by atoms with Crippen LogP contribution in [0.25, 0.3) is 0 Å². The Hall–Kier alpha value is -1.62. The fourth-order valence-corrected chi connectivity index (χ4v) is 2.00. The number of rotatable bonds is 3. The highest BCUT2D eigenvalue weighted by Gasteiger charge is 2.20. The number of amides is 1. The van der Waals surface area contributed by atoms with Crippen molar-refractivity contribution in [1.82, 2.24) is 9.88 Å². The lowest BCUT2D eigenvalue weighted by Gasteiger charge is -2.14. The van der Waals surface area contributed by atoms with Crippen molar-refractivity contribution in [2.24, 2.45) is 0 Å².